The number of carbonyl (C=O) groups excluding carboxylic acids is 1. The van der Waals surface area contributed by atoms with Gasteiger partial charge in [0.25, 0.3) is 0 Å². The number of hydrogen-bond acceptors (Lipinski definition) is 3. The molecule has 1 fully saturated rings. The highest BCUT2D eigenvalue weighted by Gasteiger charge is 2.43. The Morgan fingerprint density at radius 1 is 1.23 bits per heavy atom. The van der Waals surface area contributed by atoms with Gasteiger partial charge in [0, 0.05) is 5.69 Å². The van der Waals surface area contributed by atoms with E-state index in [1.807, 2.05) is 19.9 Å². The normalized spacial score (nSPS) is 21.4. The topological polar surface area (TPSA) is 38.8 Å². The molecule has 2 aliphatic rings. The number of fused-ring (bicyclic) bond motifs is 1. The van der Waals surface area contributed by atoms with Crippen LogP contribution in [0.2, 0.25) is 5.04 Å². The van der Waals surface area contributed by atoms with Gasteiger partial charge in [-0.25, -0.2) is 4.79 Å². The third-order valence-electron chi connectivity index (χ3n) is 5.17. The van der Waals surface area contributed by atoms with Gasteiger partial charge in [0.1, 0.15) is 6.10 Å². The van der Waals surface area contributed by atoms with Crippen molar-refractivity contribution in [2.75, 3.05) is 11.4 Å². The van der Waals surface area contributed by atoms with Crippen molar-refractivity contribution >= 4 is 27.1 Å². The second kappa shape index (κ2) is 6.85. The first-order chi connectivity index (χ1) is 12.1. The van der Waals surface area contributed by atoms with E-state index in [4.69, 9.17) is 9.16 Å². The fraction of sp³-hybridized carbons (Fsp3) is 0.571. The fourth-order valence-electron chi connectivity index (χ4n) is 3.46. The first-order valence-corrected chi connectivity index (χ1v) is 10.8. The summed E-state index contributed by atoms with van der Waals surface area (Å²) in [5.41, 5.74) is 4.16. The molecule has 1 aliphatic carbocycles. The molecule has 0 aromatic heterocycles. The van der Waals surface area contributed by atoms with Crippen molar-refractivity contribution in [3.63, 3.8) is 0 Å². The highest BCUT2D eigenvalue weighted by Crippen LogP contribution is 2.35. The van der Waals surface area contributed by atoms with Crippen LogP contribution in [0.1, 0.15) is 58.6 Å². The van der Waals surface area contributed by atoms with E-state index in [0.29, 0.717) is 6.54 Å². The van der Waals surface area contributed by atoms with Gasteiger partial charge in [-0.1, -0.05) is 33.4 Å². The third kappa shape index (κ3) is 4.04. The molecule has 4 nitrogen and oxygen atoms in total. The van der Waals surface area contributed by atoms with Gasteiger partial charge < -0.3 is 9.16 Å². The van der Waals surface area contributed by atoms with Crippen LogP contribution >= 0.6 is 0 Å². The van der Waals surface area contributed by atoms with Gasteiger partial charge in [-0.05, 0) is 67.0 Å². The van der Waals surface area contributed by atoms with Crippen LogP contribution in [0.3, 0.4) is 0 Å². The summed E-state index contributed by atoms with van der Waals surface area (Å²) in [6.45, 7) is 15.4. The quantitative estimate of drug-likeness (QED) is 0.732. The van der Waals surface area contributed by atoms with Crippen molar-refractivity contribution in [3.8, 4) is 0 Å². The second-order valence-electron chi connectivity index (χ2n) is 9.23. The summed E-state index contributed by atoms with van der Waals surface area (Å²) in [6, 6.07) is 6.23. The van der Waals surface area contributed by atoms with Crippen molar-refractivity contribution < 1.29 is 14.0 Å². The summed E-state index contributed by atoms with van der Waals surface area (Å²) in [7, 11) is -0.721. The summed E-state index contributed by atoms with van der Waals surface area (Å²) >= 11 is 0. The zero-order valence-electron chi connectivity index (χ0n) is 16.7. The van der Waals surface area contributed by atoms with Gasteiger partial charge in [0.05, 0.1) is 12.1 Å². The Morgan fingerprint density at radius 3 is 2.65 bits per heavy atom. The Bertz CT molecular complexity index is 720. The van der Waals surface area contributed by atoms with Crippen LogP contribution in [0, 0.1) is 0 Å². The summed E-state index contributed by atoms with van der Waals surface area (Å²) in [6.07, 6.45) is 2.69. The molecular formula is C21H31NO3Si. The predicted octanol–water partition coefficient (Wildman–Crippen LogP) is 4.46. The number of anilines is 1. The van der Waals surface area contributed by atoms with E-state index in [0.717, 1.165) is 24.9 Å². The lowest BCUT2D eigenvalue weighted by Gasteiger charge is -2.33. The Kier molecular flexibility index (Phi) is 5.06. The van der Waals surface area contributed by atoms with Crippen molar-refractivity contribution in [1.82, 2.24) is 0 Å². The number of amides is 1. The Hall–Kier alpha value is -1.59. The maximum atomic E-state index is 12.5. The number of aryl methyl sites for hydroxylation is 1. The molecule has 0 N–H and O–H groups in total. The lowest BCUT2D eigenvalue weighted by Crippen LogP contribution is -2.43. The van der Waals surface area contributed by atoms with E-state index >= 15 is 0 Å². The molecule has 5 heteroatoms. The molecule has 1 atom stereocenters. The number of carbonyl (C=O) groups is 1. The largest absolute Gasteiger partial charge is 0.441 e. The van der Waals surface area contributed by atoms with Gasteiger partial charge in [0.2, 0.25) is 0 Å². The molecule has 142 valence electrons. The standard InChI is InChI=1S/C21H31NO3Si/c1-14-8-7-9-15-12-16(10-11-17(14)15)22-13-18(24-19(22)23)21(5,6)25-26-20(2,3)4/h10-12,18H,1,7-9,13,26H2,2-6H3/t18-/m1/s1. The van der Waals surface area contributed by atoms with E-state index < -0.39 is 15.4 Å². The second-order valence-corrected chi connectivity index (χ2v) is 11.9. The van der Waals surface area contributed by atoms with Crippen molar-refractivity contribution in [1.29, 1.82) is 0 Å². The van der Waals surface area contributed by atoms with Crippen LogP contribution in [0.4, 0.5) is 10.5 Å². The van der Waals surface area contributed by atoms with Gasteiger partial charge in [0.15, 0.2) is 9.76 Å². The van der Waals surface area contributed by atoms with E-state index in [9.17, 15) is 4.79 Å². The molecule has 1 aliphatic heterocycles. The molecule has 1 aromatic rings. The van der Waals surface area contributed by atoms with Gasteiger partial charge in [-0.3, -0.25) is 4.90 Å². The van der Waals surface area contributed by atoms with Crippen LogP contribution in [-0.2, 0) is 15.6 Å². The number of benzene rings is 1. The summed E-state index contributed by atoms with van der Waals surface area (Å²) < 4.78 is 11.9. The van der Waals surface area contributed by atoms with Crippen LogP contribution < -0.4 is 4.90 Å². The van der Waals surface area contributed by atoms with Crippen LogP contribution in [-0.4, -0.2) is 34.1 Å². The third-order valence-corrected chi connectivity index (χ3v) is 6.92. The number of nitrogens with zero attached hydrogens (tertiary/aromatic N) is 1. The summed E-state index contributed by atoms with van der Waals surface area (Å²) in [5.74, 6) is 0. The SMILES string of the molecule is C=C1CCCc2cc(N3C[C@H](C(C)(C)O[SiH2]C(C)(C)C)OC3=O)ccc21. The molecule has 26 heavy (non-hydrogen) atoms. The smallest absolute Gasteiger partial charge is 0.414 e. The monoisotopic (exact) mass is 373 g/mol. The maximum Gasteiger partial charge on any atom is 0.414 e. The minimum absolute atomic E-state index is 0.209. The number of hydrogen-bond donors (Lipinski definition) is 0. The summed E-state index contributed by atoms with van der Waals surface area (Å²) in [4.78, 5) is 14.2. The molecule has 0 unspecified atom stereocenters. The highest BCUT2D eigenvalue weighted by molar-refractivity contribution is 6.31. The molecular weight excluding hydrogens is 342 g/mol. The molecule has 0 bridgehead atoms. The zero-order chi connectivity index (χ0) is 19.1. The minimum atomic E-state index is -0.721. The number of rotatable bonds is 4. The Labute approximate surface area is 159 Å². The fourth-order valence-corrected chi connectivity index (χ4v) is 4.45. The van der Waals surface area contributed by atoms with Gasteiger partial charge in [-0.15, -0.1) is 0 Å². The number of cyclic esters (lactones) is 1. The summed E-state index contributed by atoms with van der Waals surface area (Å²) in [5, 5.41) is 0.209. The molecule has 1 aromatic carbocycles. The van der Waals surface area contributed by atoms with Crippen molar-refractivity contribution in [2.45, 2.75) is 70.6 Å². The Balaban J connectivity index is 1.75. The maximum absolute atomic E-state index is 12.5. The molecule has 1 saturated heterocycles. The van der Waals surface area contributed by atoms with E-state index in [1.54, 1.807) is 4.90 Å². The molecule has 0 radical (unpaired) electrons. The molecule has 3 rings (SSSR count). The van der Waals surface area contributed by atoms with E-state index in [2.05, 4.69) is 39.5 Å². The average Bonchev–Trinajstić information content (AvgIpc) is 2.95. The zero-order valence-corrected chi connectivity index (χ0v) is 18.1. The van der Waals surface area contributed by atoms with Crippen LogP contribution in [0.25, 0.3) is 5.57 Å². The van der Waals surface area contributed by atoms with Crippen molar-refractivity contribution in [2.24, 2.45) is 0 Å². The molecule has 0 spiro atoms. The van der Waals surface area contributed by atoms with Gasteiger partial charge in [-0.2, -0.15) is 0 Å². The predicted molar refractivity (Wildman–Crippen MR) is 109 cm³/mol. The number of ether oxygens (including phenoxy) is 1. The highest BCUT2D eigenvalue weighted by atomic mass is 28.2. The molecule has 1 amide bonds. The Morgan fingerprint density at radius 2 is 1.96 bits per heavy atom. The first-order valence-electron chi connectivity index (χ1n) is 9.50. The van der Waals surface area contributed by atoms with Gasteiger partial charge >= 0.3 is 6.09 Å². The first kappa shape index (κ1) is 19.2. The average molecular weight is 374 g/mol. The number of allylic oxidation sites excluding steroid dienone is 1. The molecule has 0 saturated carbocycles. The lowest BCUT2D eigenvalue weighted by atomic mass is 9.88. The lowest BCUT2D eigenvalue weighted by molar-refractivity contribution is -0.0133. The van der Waals surface area contributed by atoms with E-state index in [1.165, 1.54) is 16.7 Å². The van der Waals surface area contributed by atoms with E-state index in [-0.39, 0.29) is 17.2 Å². The minimum Gasteiger partial charge on any atom is -0.441 e. The van der Waals surface area contributed by atoms with Crippen LogP contribution in [0.15, 0.2) is 24.8 Å². The molecule has 1 heterocycles. The van der Waals surface area contributed by atoms with Crippen LogP contribution in [0.5, 0.6) is 0 Å². The van der Waals surface area contributed by atoms with Crippen molar-refractivity contribution in [3.05, 3.63) is 35.9 Å².